The highest BCUT2D eigenvalue weighted by atomic mass is 16.5. The molecular formula is C10H16O. The van der Waals surface area contributed by atoms with Crippen molar-refractivity contribution in [2.45, 2.75) is 38.4 Å². The Morgan fingerprint density at radius 3 is 2.82 bits per heavy atom. The summed E-state index contributed by atoms with van der Waals surface area (Å²) in [4.78, 5) is 0. The molecule has 2 atom stereocenters. The summed E-state index contributed by atoms with van der Waals surface area (Å²) in [5.74, 6) is 0. The van der Waals surface area contributed by atoms with Crippen LogP contribution in [-0.2, 0) is 4.74 Å². The van der Waals surface area contributed by atoms with E-state index in [2.05, 4.69) is 20.1 Å². The van der Waals surface area contributed by atoms with Crippen LogP contribution in [0.25, 0.3) is 0 Å². The molecule has 1 heteroatoms. The predicted molar refractivity (Wildman–Crippen MR) is 47.5 cm³/mol. The van der Waals surface area contributed by atoms with Gasteiger partial charge in [-0.2, -0.15) is 0 Å². The van der Waals surface area contributed by atoms with Crippen molar-refractivity contribution in [1.29, 1.82) is 0 Å². The Morgan fingerprint density at radius 2 is 2.36 bits per heavy atom. The van der Waals surface area contributed by atoms with E-state index < -0.39 is 0 Å². The van der Waals surface area contributed by atoms with Crippen molar-refractivity contribution in [3.8, 4) is 0 Å². The van der Waals surface area contributed by atoms with Gasteiger partial charge in [0, 0.05) is 0 Å². The van der Waals surface area contributed by atoms with E-state index in [1.54, 1.807) is 0 Å². The number of allylic oxidation sites excluding steroid dienone is 1. The van der Waals surface area contributed by atoms with Crippen LogP contribution >= 0.6 is 0 Å². The van der Waals surface area contributed by atoms with Crippen LogP contribution in [0.2, 0.25) is 0 Å². The van der Waals surface area contributed by atoms with Gasteiger partial charge in [-0.25, -0.2) is 0 Å². The van der Waals surface area contributed by atoms with Gasteiger partial charge in [0.25, 0.3) is 0 Å². The Labute approximate surface area is 68.8 Å². The monoisotopic (exact) mass is 152 g/mol. The third-order valence-corrected chi connectivity index (χ3v) is 2.09. The summed E-state index contributed by atoms with van der Waals surface area (Å²) >= 11 is 0. The van der Waals surface area contributed by atoms with Gasteiger partial charge >= 0.3 is 0 Å². The molecule has 11 heavy (non-hydrogen) atoms. The van der Waals surface area contributed by atoms with E-state index in [0.29, 0.717) is 12.2 Å². The van der Waals surface area contributed by atoms with E-state index in [1.165, 1.54) is 12.0 Å². The van der Waals surface area contributed by atoms with Crippen LogP contribution in [0, 0.1) is 0 Å². The van der Waals surface area contributed by atoms with Gasteiger partial charge in [-0.15, -0.1) is 6.58 Å². The van der Waals surface area contributed by atoms with Crippen LogP contribution in [-0.4, -0.2) is 12.2 Å². The van der Waals surface area contributed by atoms with Crippen LogP contribution in [0.15, 0.2) is 24.8 Å². The van der Waals surface area contributed by atoms with E-state index in [1.807, 2.05) is 6.08 Å². The molecule has 0 N–H and O–H groups in total. The van der Waals surface area contributed by atoms with Crippen molar-refractivity contribution in [2.75, 3.05) is 0 Å². The summed E-state index contributed by atoms with van der Waals surface area (Å²) in [6.45, 7) is 9.75. The van der Waals surface area contributed by atoms with Gasteiger partial charge in [0.2, 0.25) is 0 Å². The second-order valence-electron chi connectivity index (χ2n) is 3.16. The minimum Gasteiger partial charge on any atom is -0.371 e. The molecule has 1 heterocycles. The first-order chi connectivity index (χ1) is 5.24. The van der Waals surface area contributed by atoms with E-state index in [4.69, 9.17) is 4.74 Å². The molecule has 0 aromatic carbocycles. The SMILES string of the molecule is C=CCC(=C)[C@@H]1CC[C@H](C)O1. The molecule has 1 rings (SSSR count). The Bertz CT molecular complexity index is 160. The van der Waals surface area contributed by atoms with E-state index in [0.717, 1.165) is 12.8 Å². The predicted octanol–water partition coefficient (Wildman–Crippen LogP) is 2.69. The lowest BCUT2D eigenvalue weighted by molar-refractivity contribution is 0.0760. The first kappa shape index (κ1) is 8.54. The standard InChI is InChI=1S/C10H16O/c1-4-5-8(2)10-7-6-9(3)11-10/h4,9-10H,1-2,5-7H2,3H3/t9-,10-/m0/s1. The van der Waals surface area contributed by atoms with Crippen LogP contribution in [0.5, 0.6) is 0 Å². The second kappa shape index (κ2) is 3.72. The zero-order valence-electron chi connectivity index (χ0n) is 7.18. The molecule has 0 bridgehead atoms. The average Bonchev–Trinajstić information content (AvgIpc) is 2.36. The maximum absolute atomic E-state index is 5.63. The summed E-state index contributed by atoms with van der Waals surface area (Å²) in [6.07, 6.45) is 5.78. The fourth-order valence-electron chi connectivity index (χ4n) is 1.42. The van der Waals surface area contributed by atoms with Gasteiger partial charge in [0.15, 0.2) is 0 Å². The lowest BCUT2D eigenvalue weighted by Gasteiger charge is -2.12. The molecule has 1 nitrogen and oxygen atoms in total. The van der Waals surface area contributed by atoms with Crippen LogP contribution in [0.3, 0.4) is 0 Å². The molecule has 1 fully saturated rings. The molecule has 1 saturated heterocycles. The maximum atomic E-state index is 5.63. The van der Waals surface area contributed by atoms with Crippen LogP contribution < -0.4 is 0 Å². The van der Waals surface area contributed by atoms with Gasteiger partial charge in [0.05, 0.1) is 12.2 Å². The Balaban J connectivity index is 2.36. The summed E-state index contributed by atoms with van der Waals surface area (Å²) in [5.41, 5.74) is 1.17. The van der Waals surface area contributed by atoms with Crippen molar-refractivity contribution >= 4 is 0 Å². The number of hydrogen-bond donors (Lipinski definition) is 0. The number of hydrogen-bond acceptors (Lipinski definition) is 1. The first-order valence-electron chi connectivity index (χ1n) is 4.18. The van der Waals surface area contributed by atoms with Gasteiger partial charge in [-0.05, 0) is 31.8 Å². The zero-order chi connectivity index (χ0) is 8.27. The summed E-state index contributed by atoms with van der Waals surface area (Å²) in [7, 11) is 0. The maximum Gasteiger partial charge on any atom is 0.0790 e. The number of ether oxygens (including phenoxy) is 1. The van der Waals surface area contributed by atoms with Gasteiger partial charge in [-0.1, -0.05) is 12.7 Å². The highest BCUT2D eigenvalue weighted by Gasteiger charge is 2.22. The first-order valence-corrected chi connectivity index (χ1v) is 4.18. The third kappa shape index (κ3) is 2.19. The van der Waals surface area contributed by atoms with Gasteiger partial charge in [-0.3, -0.25) is 0 Å². The third-order valence-electron chi connectivity index (χ3n) is 2.09. The molecule has 0 aliphatic carbocycles. The molecule has 62 valence electrons. The lowest BCUT2D eigenvalue weighted by atomic mass is 10.1. The largest absolute Gasteiger partial charge is 0.371 e. The smallest absolute Gasteiger partial charge is 0.0790 e. The van der Waals surface area contributed by atoms with Crippen molar-refractivity contribution in [2.24, 2.45) is 0 Å². The van der Waals surface area contributed by atoms with Crippen molar-refractivity contribution in [3.63, 3.8) is 0 Å². The highest BCUT2D eigenvalue weighted by Crippen LogP contribution is 2.25. The molecule has 0 aromatic rings. The van der Waals surface area contributed by atoms with Crippen molar-refractivity contribution in [1.82, 2.24) is 0 Å². The Kier molecular flexibility index (Phi) is 2.89. The topological polar surface area (TPSA) is 9.23 Å². The molecule has 0 spiro atoms. The lowest BCUT2D eigenvalue weighted by Crippen LogP contribution is -2.09. The fourth-order valence-corrected chi connectivity index (χ4v) is 1.42. The van der Waals surface area contributed by atoms with Crippen LogP contribution in [0.4, 0.5) is 0 Å². The number of rotatable bonds is 3. The molecule has 1 aliphatic heterocycles. The summed E-state index contributed by atoms with van der Waals surface area (Å²) in [5, 5.41) is 0. The summed E-state index contributed by atoms with van der Waals surface area (Å²) < 4.78 is 5.63. The van der Waals surface area contributed by atoms with Crippen LogP contribution in [0.1, 0.15) is 26.2 Å². The Hall–Kier alpha value is -0.560. The molecular weight excluding hydrogens is 136 g/mol. The summed E-state index contributed by atoms with van der Waals surface area (Å²) in [6, 6.07) is 0. The van der Waals surface area contributed by atoms with Gasteiger partial charge < -0.3 is 4.74 Å². The molecule has 1 aliphatic rings. The van der Waals surface area contributed by atoms with E-state index in [9.17, 15) is 0 Å². The normalized spacial score (nSPS) is 30.3. The fraction of sp³-hybridized carbons (Fsp3) is 0.600. The molecule has 0 saturated carbocycles. The minimum absolute atomic E-state index is 0.294. The molecule has 0 amide bonds. The molecule has 0 unspecified atom stereocenters. The van der Waals surface area contributed by atoms with E-state index in [-0.39, 0.29) is 0 Å². The minimum atomic E-state index is 0.294. The highest BCUT2D eigenvalue weighted by molar-refractivity contribution is 5.08. The quantitative estimate of drug-likeness (QED) is 0.565. The zero-order valence-corrected chi connectivity index (χ0v) is 7.18. The molecule has 0 radical (unpaired) electrons. The van der Waals surface area contributed by atoms with Crippen molar-refractivity contribution < 1.29 is 4.74 Å². The van der Waals surface area contributed by atoms with E-state index >= 15 is 0 Å². The Morgan fingerprint density at radius 1 is 1.64 bits per heavy atom. The average molecular weight is 152 g/mol. The second-order valence-corrected chi connectivity index (χ2v) is 3.16. The van der Waals surface area contributed by atoms with Crippen molar-refractivity contribution in [3.05, 3.63) is 24.8 Å². The molecule has 0 aromatic heterocycles. The van der Waals surface area contributed by atoms with Gasteiger partial charge in [0.1, 0.15) is 0 Å².